The first-order valence-corrected chi connectivity index (χ1v) is 9.93. The summed E-state index contributed by atoms with van der Waals surface area (Å²) in [6.07, 6.45) is 0. The third kappa shape index (κ3) is 4.19. The molecule has 160 valence electrons. The lowest BCUT2D eigenvalue weighted by molar-refractivity contribution is -0.384. The van der Waals surface area contributed by atoms with Crippen molar-refractivity contribution >= 4 is 30.1 Å². The van der Waals surface area contributed by atoms with Crippen LogP contribution in [0.25, 0.3) is 33.8 Å². The summed E-state index contributed by atoms with van der Waals surface area (Å²) in [7, 11) is 0. The van der Waals surface area contributed by atoms with Crippen LogP contribution in [0, 0.1) is 10.1 Å². The van der Waals surface area contributed by atoms with E-state index >= 15 is 0 Å². The van der Waals surface area contributed by atoms with Crippen LogP contribution in [0.15, 0.2) is 76.0 Å². The average molecular weight is 447 g/mol. The molecule has 3 aromatic carbocycles. The van der Waals surface area contributed by atoms with E-state index in [9.17, 15) is 20.0 Å². The molecule has 0 fully saturated rings. The van der Waals surface area contributed by atoms with Gasteiger partial charge in [-0.15, -0.1) is 12.6 Å². The van der Waals surface area contributed by atoms with Crippen molar-refractivity contribution in [3.63, 3.8) is 0 Å². The van der Waals surface area contributed by atoms with Crippen LogP contribution >= 0.6 is 12.6 Å². The monoisotopic (exact) mass is 447 g/mol. The van der Waals surface area contributed by atoms with Crippen LogP contribution in [0.5, 0.6) is 5.75 Å². The van der Waals surface area contributed by atoms with Crippen LogP contribution in [-0.4, -0.2) is 20.9 Å². The highest BCUT2D eigenvalue weighted by Crippen LogP contribution is 2.40. The van der Waals surface area contributed by atoms with E-state index in [1.54, 1.807) is 30.3 Å². The largest absolute Gasteiger partial charge is 0.507 e. The maximum atomic E-state index is 11.7. The summed E-state index contributed by atoms with van der Waals surface area (Å²) < 4.78 is 5.91. The van der Waals surface area contributed by atoms with Crippen molar-refractivity contribution in [1.82, 2.24) is 4.98 Å². The Hall–Kier alpha value is -4.11. The number of oxazole rings is 1. The number of carbonyl (C=O) groups is 1. The van der Waals surface area contributed by atoms with Crippen molar-refractivity contribution in [2.24, 2.45) is 0 Å². The number of phenolic OH excluding ortho intramolecular Hbond substituents is 1. The Morgan fingerprint density at radius 2 is 1.81 bits per heavy atom. The second kappa shape index (κ2) is 8.56. The maximum absolute atomic E-state index is 11.7. The standard InChI is InChI=1S/C23H17N3O5S/c1-13(27)24-23-21(14-5-4-6-16(32)11-14)25-22(31-23)19-8-3-2-7-17(19)18-10-9-15(26(29)30)12-20(18)28/h2-12,28,32H,1H3,(H,24,27). The second-order valence-corrected chi connectivity index (χ2v) is 7.45. The van der Waals surface area contributed by atoms with Gasteiger partial charge in [0.05, 0.1) is 11.0 Å². The van der Waals surface area contributed by atoms with Gasteiger partial charge < -0.3 is 9.52 Å². The Morgan fingerprint density at radius 1 is 1.06 bits per heavy atom. The highest BCUT2D eigenvalue weighted by molar-refractivity contribution is 7.80. The number of non-ortho nitro benzene ring substituents is 1. The molecule has 0 aliphatic rings. The first kappa shape index (κ1) is 21.1. The Morgan fingerprint density at radius 3 is 2.47 bits per heavy atom. The summed E-state index contributed by atoms with van der Waals surface area (Å²) in [6, 6.07) is 18.2. The molecule has 1 aromatic heterocycles. The third-order valence-electron chi connectivity index (χ3n) is 4.68. The molecule has 0 radical (unpaired) electrons. The van der Waals surface area contributed by atoms with Gasteiger partial charge in [-0.1, -0.05) is 30.3 Å². The fourth-order valence-corrected chi connectivity index (χ4v) is 3.52. The molecule has 0 saturated heterocycles. The van der Waals surface area contributed by atoms with E-state index in [2.05, 4.69) is 22.9 Å². The van der Waals surface area contributed by atoms with Crippen LogP contribution < -0.4 is 5.32 Å². The van der Waals surface area contributed by atoms with Crippen molar-refractivity contribution in [1.29, 1.82) is 0 Å². The smallest absolute Gasteiger partial charge is 0.273 e. The van der Waals surface area contributed by atoms with Gasteiger partial charge in [0.25, 0.3) is 5.69 Å². The van der Waals surface area contributed by atoms with Gasteiger partial charge in [0.2, 0.25) is 17.7 Å². The molecule has 9 heteroatoms. The Kier molecular flexibility index (Phi) is 5.65. The van der Waals surface area contributed by atoms with Crippen LogP contribution in [0.1, 0.15) is 6.92 Å². The van der Waals surface area contributed by atoms with E-state index in [-0.39, 0.29) is 29.1 Å². The van der Waals surface area contributed by atoms with Gasteiger partial charge in [-0.2, -0.15) is 0 Å². The van der Waals surface area contributed by atoms with Crippen LogP contribution in [0.3, 0.4) is 0 Å². The lowest BCUT2D eigenvalue weighted by atomic mass is 9.98. The number of hydrogen-bond donors (Lipinski definition) is 3. The molecule has 0 bridgehead atoms. The first-order chi connectivity index (χ1) is 15.3. The van der Waals surface area contributed by atoms with Gasteiger partial charge in [-0.05, 0) is 29.8 Å². The van der Waals surface area contributed by atoms with E-state index in [1.165, 1.54) is 19.1 Å². The predicted octanol–water partition coefficient (Wildman–Crippen LogP) is 5.54. The molecular weight excluding hydrogens is 430 g/mol. The number of rotatable bonds is 5. The molecule has 0 aliphatic carbocycles. The number of carbonyl (C=O) groups excluding carboxylic acids is 1. The lowest BCUT2D eigenvalue weighted by Crippen LogP contribution is -2.05. The number of thiol groups is 1. The van der Waals surface area contributed by atoms with E-state index in [4.69, 9.17) is 4.42 Å². The normalized spacial score (nSPS) is 10.7. The number of benzene rings is 3. The number of nitrogens with zero attached hydrogens (tertiary/aromatic N) is 2. The zero-order chi connectivity index (χ0) is 22.8. The molecule has 0 unspecified atom stereocenters. The molecule has 1 heterocycles. The number of hydrogen-bond acceptors (Lipinski definition) is 7. The minimum absolute atomic E-state index is 0.175. The zero-order valence-corrected chi connectivity index (χ0v) is 17.7. The van der Waals surface area contributed by atoms with E-state index < -0.39 is 4.92 Å². The predicted molar refractivity (Wildman–Crippen MR) is 123 cm³/mol. The highest BCUT2D eigenvalue weighted by atomic mass is 32.1. The van der Waals surface area contributed by atoms with Gasteiger partial charge in [0.15, 0.2) is 0 Å². The first-order valence-electron chi connectivity index (χ1n) is 9.48. The summed E-state index contributed by atoms with van der Waals surface area (Å²) in [5.41, 5.74) is 2.38. The molecule has 1 amide bonds. The number of nitro benzene ring substituents is 1. The van der Waals surface area contributed by atoms with Gasteiger partial charge in [-0.3, -0.25) is 20.2 Å². The maximum Gasteiger partial charge on any atom is 0.273 e. The molecule has 4 aromatic rings. The minimum atomic E-state index is -0.578. The number of aromatic hydroxyl groups is 1. The SMILES string of the molecule is CC(=O)Nc1oc(-c2ccccc2-c2ccc([N+](=O)[O-])cc2O)nc1-c1cccc(S)c1. The number of aromatic nitrogens is 1. The molecule has 0 aliphatic heterocycles. The van der Waals surface area contributed by atoms with E-state index in [0.29, 0.717) is 27.9 Å². The molecule has 2 N–H and O–H groups in total. The summed E-state index contributed by atoms with van der Waals surface area (Å²) in [6.45, 7) is 1.36. The minimum Gasteiger partial charge on any atom is -0.507 e. The molecule has 0 spiro atoms. The van der Waals surface area contributed by atoms with E-state index in [0.717, 1.165) is 11.0 Å². The highest BCUT2D eigenvalue weighted by Gasteiger charge is 2.21. The summed E-state index contributed by atoms with van der Waals surface area (Å²) in [4.78, 5) is 27.5. The van der Waals surface area contributed by atoms with Crippen molar-refractivity contribution in [2.75, 3.05) is 5.32 Å². The topological polar surface area (TPSA) is 118 Å². The average Bonchev–Trinajstić information content (AvgIpc) is 3.16. The third-order valence-corrected chi connectivity index (χ3v) is 4.95. The summed E-state index contributed by atoms with van der Waals surface area (Å²) >= 11 is 4.36. The van der Waals surface area contributed by atoms with Crippen LogP contribution in [0.4, 0.5) is 11.6 Å². The van der Waals surface area contributed by atoms with Gasteiger partial charge >= 0.3 is 0 Å². The summed E-state index contributed by atoms with van der Waals surface area (Å²) in [5, 5.41) is 24.1. The fourth-order valence-electron chi connectivity index (χ4n) is 3.29. The Bertz CT molecular complexity index is 1350. The number of anilines is 1. The molecule has 4 rings (SSSR count). The number of amides is 1. The zero-order valence-electron chi connectivity index (χ0n) is 16.8. The Labute approximate surface area is 188 Å². The molecule has 0 atom stereocenters. The quantitative estimate of drug-likeness (QED) is 0.210. The number of nitrogens with one attached hydrogen (secondary N) is 1. The molecule has 32 heavy (non-hydrogen) atoms. The molecule has 0 saturated carbocycles. The molecule has 8 nitrogen and oxygen atoms in total. The molecular formula is C23H17N3O5S. The van der Waals surface area contributed by atoms with Crippen molar-refractivity contribution in [2.45, 2.75) is 11.8 Å². The number of nitro groups is 1. The fraction of sp³-hybridized carbons (Fsp3) is 0.0435. The number of phenols is 1. The summed E-state index contributed by atoms with van der Waals surface area (Å²) in [5.74, 6) is -0.184. The van der Waals surface area contributed by atoms with Gasteiger partial charge in [0.1, 0.15) is 11.4 Å². The van der Waals surface area contributed by atoms with Crippen molar-refractivity contribution < 1.29 is 19.2 Å². The van der Waals surface area contributed by atoms with Crippen molar-refractivity contribution in [3.8, 4) is 39.6 Å². The van der Waals surface area contributed by atoms with Gasteiger partial charge in [-0.25, -0.2) is 4.98 Å². The second-order valence-electron chi connectivity index (χ2n) is 6.93. The Balaban J connectivity index is 1.87. The van der Waals surface area contributed by atoms with Gasteiger partial charge in [0, 0.05) is 34.6 Å². The van der Waals surface area contributed by atoms with Crippen LogP contribution in [0.2, 0.25) is 0 Å². The van der Waals surface area contributed by atoms with Crippen molar-refractivity contribution in [3.05, 3.63) is 76.8 Å². The lowest BCUT2D eigenvalue weighted by Gasteiger charge is -2.08. The van der Waals surface area contributed by atoms with Crippen LogP contribution in [-0.2, 0) is 4.79 Å². The van der Waals surface area contributed by atoms with E-state index in [1.807, 2.05) is 18.2 Å².